The van der Waals surface area contributed by atoms with Gasteiger partial charge in [0.1, 0.15) is 17.5 Å². The molecule has 2 fully saturated rings. The number of aliphatic carboxylic acids is 1. The van der Waals surface area contributed by atoms with Gasteiger partial charge in [0.2, 0.25) is 5.91 Å². The molecule has 1 saturated carbocycles. The van der Waals surface area contributed by atoms with Gasteiger partial charge in [0.15, 0.2) is 0 Å². The second kappa shape index (κ2) is 7.14. The Morgan fingerprint density at radius 2 is 2.17 bits per heavy atom. The summed E-state index contributed by atoms with van der Waals surface area (Å²) < 4.78 is 19.3. The van der Waals surface area contributed by atoms with Crippen molar-refractivity contribution in [3.05, 3.63) is 47.8 Å². The fourth-order valence-electron chi connectivity index (χ4n) is 4.04. The highest BCUT2D eigenvalue weighted by atomic mass is 19.1. The van der Waals surface area contributed by atoms with Crippen molar-refractivity contribution in [2.45, 2.75) is 43.6 Å². The van der Waals surface area contributed by atoms with Crippen LogP contribution < -0.4 is 10.6 Å². The minimum atomic E-state index is -1.29. The minimum Gasteiger partial charge on any atom is -0.479 e. The molecule has 0 unspecified atom stereocenters. The van der Waals surface area contributed by atoms with Gasteiger partial charge in [-0.1, -0.05) is 18.2 Å². The molecule has 3 N–H and O–H groups in total. The zero-order chi connectivity index (χ0) is 20.8. The molecule has 2 heterocycles. The first-order chi connectivity index (χ1) is 13.8. The van der Waals surface area contributed by atoms with Crippen LogP contribution in [0.3, 0.4) is 0 Å². The highest BCUT2D eigenvalue weighted by Crippen LogP contribution is 2.44. The van der Waals surface area contributed by atoms with E-state index in [1.807, 2.05) is 0 Å². The Hall–Kier alpha value is -2.94. The van der Waals surface area contributed by atoms with Gasteiger partial charge >= 0.3 is 12.1 Å². The number of fused-ring (bicyclic) bond motifs is 1. The van der Waals surface area contributed by atoms with Crippen LogP contribution in [0.5, 0.6) is 0 Å². The summed E-state index contributed by atoms with van der Waals surface area (Å²) in [4.78, 5) is 37.8. The fourth-order valence-corrected chi connectivity index (χ4v) is 4.04. The van der Waals surface area contributed by atoms with E-state index >= 15 is 0 Å². The van der Waals surface area contributed by atoms with Crippen molar-refractivity contribution in [2.24, 2.45) is 5.92 Å². The predicted molar refractivity (Wildman–Crippen MR) is 99.1 cm³/mol. The number of ether oxygens (including phenoxy) is 1. The standard InChI is InChI=1S/C20H22FN3O5/c1-2-12-7-20(12,18(26)27)23-17(25)16-6-13(8-22-16)29-19(28)24-9-11-4-3-5-15(21)14(11)10-24/h2-5,12-13,16,22H,1,6-10H2,(H,23,25)(H,26,27)/t12-,13-,16+,20-/m1/s1. The molecule has 0 spiro atoms. The topological polar surface area (TPSA) is 108 Å². The highest BCUT2D eigenvalue weighted by molar-refractivity contribution is 5.92. The molecule has 9 heteroatoms. The lowest BCUT2D eigenvalue weighted by atomic mass is 10.1. The van der Waals surface area contributed by atoms with E-state index in [2.05, 4.69) is 17.2 Å². The average molecular weight is 403 g/mol. The molecule has 0 radical (unpaired) electrons. The van der Waals surface area contributed by atoms with E-state index in [9.17, 15) is 23.9 Å². The van der Waals surface area contributed by atoms with Gasteiger partial charge in [-0.05, 0) is 18.1 Å². The van der Waals surface area contributed by atoms with Crippen molar-refractivity contribution < 1.29 is 28.6 Å². The van der Waals surface area contributed by atoms with Crippen LogP contribution in [-0.2, 0) is 27.4 Å². The largest absolute Gasteiger partial charge is 0.479 e. The first kappa shape index (κ1) is 19.4. The monoisotopic (exact) mass is 403 g/mol. The Morgan fingerprint density at radius 1 is 1.38 bits per heavy atom. The number of carboxylic acids is 1. The second-order valence-electron chi connectivity index (χ2n) is 7.75. The molecule has 0 aromatic heterocycles. The number of nitrogens with one attached hydrogen (secondary N) is 2. The molecule has 0 bridgehead atoms. The summed E-state index contributed by atoms with van der Waals surface area (Å²) in [5.41, 5.74) is -0.0453. The zero-order valence-corrected chi connectivity index (χ0v) is 15.7. The SMILES string of the molecule is C=C[C@@H]1C[C@]1(NC(=O)[C@@H]1C[C@@H](OC(=O)N2Cc3cccc(F)c3C2)CN1)C(=O)O. The van der Waals surface area contributed by atoms with Crippen molar-refractivity contribution in [3.8, 4) is 0 Å². The van der Waals surface area contributed by atoms with Crippen LogP contribution in [-0.4, -0.2) is 52.2 Å². The number of hydrogen-bond donors (Lipinski definition) is 3. The quantitative estimate of drug-likeness (QED) is 0.637. The van der Waals surface area contributed by atoms with Crippen LogP contribution in [0.1, 0.15) is 24.0 Å². The van der Waals surface area contributed by atoms with E-state index in [1.54, 1.807) is 12.1 Å². The highest BCUT2D eigenvalue weighted by Gasteiger charge is 2.60. The van der Waals surface area contributed by atoms with Crippen LogP contribution in [0.15, 0.2) is 30.9 Å². The maximum absolute atomic E-state index is 13.8. The maximum Gasteiger partial charge on any atom is 0.410 e. The summed E-state index contributed by atoms with van der Waals surface area (Å²) in [6.45, 7) is 4.30. The van der Waals surface area contributed by atoms with Crippen molar-refractivity contribution in [1.82, 2.24) is 15.5 Å². The lowest BCUT2D eigenvalue weighted by molar-refractivity contribution is -0.143. The van der Waals surface area contributed by atoms with Gasteiger partial charge in [-0.15, -0.1) is 6.58 Å². The van der Waals surface area contributed by atoms with Gasteiger partial charge in [0, 0.05) is 31.0 Å². The molecular formula is C20H22FN3O5. The Bertz CT molecular complexity index is 891. The fraction of sp³-hybridized carbons (Fsp3) is 0.450. The van der Waals surface area contributed by atoms with Crippen molar-refractivity contribution >= 4 is 18.0 Å². The van der Waals surface area contributed by atoms with E-state index < -0.39 is 35.7 Å². The van der Waals surface area contributed by atoms with Gasteiger partial charge in [-0.2, -0.15) is 0 Å². The van der Waals surface area contributed by atoms with Gasteiger partial charge in [-0.3, -0.25) is 9.69 Å². The molecule has 4 rings (SSSR count). The molecule has 154 valence electrons. The summed E-state index contributed by atoms with van der Waals surface area (Å²) in [6, 6.07) is 4.09. The van der Waals surface area contributed by atoms with Crippen molar-refractivity contribution in [2.75, 3.05) is 6.54 Å². The molecule has 29 heavy (non-hydrogen) atoms. The number of carboxylic acid groups (broad SMARTS) is 1. The molecule has 1 aromatic carbocycles. The second-order valence-corrected chi connectivity index (χ2v) is 7.75. The number of rotatable bonds is 5. The molecule has 1 saturated heterocycles. The summed E-state index contributed by atoms with van der Waals surface area (Å²) in [5.74, 6) is -2.16. The van der Waals surface area contributed by atoms with E-state index in [0.29, 0.717) is 12.0 Å². The molecule has 3 aliphatic rings. The summed E-state index contributed by atoms with van der Waals surface area (Å²) in [5, 5.41) is 15.0. The number of halogens is 1. The van der Waals surface area contributed by atoms with Crippen LogP contribution in [0.4, 0.5) is 9.18 Å². The maximum atomic E-state index is 13.8. The Kier molecular flexibility index (Phi) is 4.77. The van der Waals surface area contributed by atoms with Crippen molar-refractivity contribution in [3.63, 3.8) is 0 Å². The van der Waals surface area contributed by atoms with Gasteiger partial charge < -0.3 is 20.5 Å². The Balaban J connectivity index is 1.30. The number of nitrogens with zero attached hydrogens (tertiary/aromatic N) is 1. The van der Waals surface area contributed by atoms with Crippen LogP contribution in [0.25, 0.3) is 0 Å². The van der Waals surface area contributed by atoms with Gasteiger partial charge in [-0.25, -0.2) is 14.0 Å². The number of carbonyl (C=O) groups is 3. The average Bonchev–Trinajstić information content (AvgIpc) is 3.03. The summed E-state index contributed by atoms with van der Waals surface area (Å²) in [7, 11) is 0. The molecule has 2 amide bonds. The number of carbonyl (C=O) groups excluding carboxylic acids is 2. The normalized spacial score (nSPS) is 29.8. The van der Waals surface area contributed by atoms with E-state index in [-0.39, 0.29) is 37.8 Å². The third-order valence-electron chi connectivity index (χ3n) is 5.89. The predicted octanol–water partition coefficient (Wildman–Crippen LogP) is 1.15. The Morgan fingerprint density at radius 3 is 2.83 bits per heavy atom. The number of amides is 2. The van der Waals surface area contributed by atoms with Crippen LogP contribution in [0.2, 0.25) is 0 Å². The number of hydrogen-bond acceptors (Lipinski definition) is 5. The van der Waals surface area contributed by atoms with E-state index in [4.69, 9.17) is 4.74 Å². The third kappa shape index (κ3) is 3.46. The van der Waals surface area contributed by atoms with E-state index in [1.165, 1.54) is 17.0 Å². The van der Waals surface area contributed by atoms with E-state index in [0.717, 1.165) is 5.56 Å². The number of benzene rings is 1. The van der Waals surface area contributed by atoms with Crippen molar-refractivity contribution in [1.29, 1.82) is 0 Å². The summed E-state index contributed by atoms with van der Waals surface area (Å²) >= 11 is 0. The summed E-state index contributed by atoms with van der Waals surface area (Å²) in [6.07, 6.45) is 0.986. The molecule has 1 aromatic rings. The third-order valence-corrected chi connectivity index (χ3v) is 5.89. The van der Waals surface area contributed by atoms with Gasteiger partial charge in [0.05, 0.1) is 12.6 Å². The molecule has 2 aliphatic heterocycles. The first-order valence-corrected chi connectivity index (χ1v) is 9.47. The lowest BCUT2D eigenvalue weighted by Crippen LogP contribution is -2.51. The molecule has 4 atom stereocenters. The molecular weight excluding hydrogens is 381 g/mol. The minimum absolute atomic E-state index is 0.148. The van der Waals surface area contributed by atoms with Gasteiger partial charge in [0.25, 0.3) is 0 Å². The zero-order valence-electron chi connectivity index (χ0n) is 15.7. The first-order valence-electron chi connectivity index (χ1n) is 9.47. The van der Waals surface area contributed by atoms with Crippen LogP contribution in [0, 0.1) is 11.7 Å². The molecule has 8 nitrogen and oxygen atoms in total. The smallest absolute Gasteiger partial charge is 0.410 e. The van der Waals surface area contributed by atoms with Crippen LogP contribution >= 0.6 is 0 Å². The lowest BCUT2D eigenvalue weighted by Gasteiger charge is -2.19. The Labute approximate surface area is 166 Å². The molecule has 1 aliphatic carbocycles.